The first-order chi connectivity index (χ1) is 28.8. The lowest BCUT2D eigenvalue weighted by molar-refractivity contribution is 0.197. The fraction of sp³-hybridized carbons (Fsp3) is 0.444. The summed E-state index contributed by atoms with van der Waals surface area (Å²) in [4.78, 5) is 25.4. The molecule has 0 aliphatic carbocycles. The molecule has 24 heteroatoms. The van der Waals surface area contributed by atoms with E-state index in [2.05, 4.69) is 61.8 Å². The predicted octanol–water partition coefficient (Wildman–Crippen LogP) is 3.02. The first-order valence-electron chi connectivity index (χ1n) is 18.8. The molecule has 0 spiro atoms. The van der Waals surface area contributed by atoms with Crippen molar-refractivity contribution in [1.82, 2.24) is 35.2 Å². The highest BCUT2D eigenvalue weighted by Gasteiger charge is 2.19. The van der Waals surface area contributed by atoms with Gasteiger partial charge in [0.15, 0.2) is 0 Å². The molecule has 0 saturated carbocycles. The van der Waals surface area contributed by atoms with Crippen molar-refractivity contribution in [3.63, 3.8) is 0 Å². The van der Waals surface area contributed by atoms with Crippen LogP contribution in [0.25, 0.3) is 12.2 Å². The van der Waals surface area contributed by atoms with E-state index in [0.717, 1.165) is 0 Å². The summed E-state index contributed by atoms with van der Waals surface area (Å²) in [6, 6.07) is 8.14. The molecule has 0 radical (unpaired) electrons. The zero-order valence-electron chi connectivity index (χ0n) is 33.5. The average Bonchev–Trinajstić information content (AvgIpc) is 3.20. The largest absolute Gasteiger partial charge is 0.385 e. The second-order valence-corrected chi connectivity index (χ2v) is 15.6. The van der Waals surface area contributed by atoms with Crippen LogP contribution in [0.1, 0.15) is 42.6 Å². The van der Waals surface area contributed by atoms with Crippen molar-refractivity contribution in [3.05, 3.63) is 53.3 Å². The van der Waals surface area contributed by atoms with Crippen molar-refractivity contribution in [3.8, 4) is 0 Å². The summed E-state index contributed by atoms with van der Waals surface area (Å²) in [6.45, 7) is 3.44. The molecule has 328 valence electrons. The molecule has 0 fully saturated rings. The molecule has 0 saturated heterocycles. The second kappa shape index (κ2) is 24.2. The Morgan fingerprint density at radius 1 is 0.567 bits per heavy atom. The normalized spacial score (nSPS) is 11.8. The smallest absolute Gasteiger partial charge is 0.295 e. The topological polar surface area (TPSA) is 306 Å². The third-order valence-corrected chi connectivity index (χ3v) is 9.96. The fourth-order valence-electron chi connectivity index (χ4n) is 5.34. The highest BCUT2D eigenvalue weighted by Crippen LogP contribution is 2.28. The van der Waals surface area contributed by atoms with Crippen LogP contribution in [0.5, 0.6) is 0 Å². The van der Waals surface area contributed by atoms with Crippen LogP contribution in [-0.4, -0.2) is 135 Å². The number of hydrogen-bond acceptors (Lipinski definition) is 20. The molecule has 0 bridgehead atoms. The summed E-state index contributed by atoms with van der Waals surface area (Å²) < 4.78 is 86.2. The van der Waals surface area contributed by atoms with Crippen molar-refractivity contribution < 1.29 is 45.3 Å². The van der Waals surface area contributed by atoms with Gasteiger partial charge in [-0.2, -0.15) is 46.7 Å². The van der Waals surface area contributed by atoms with E-state index < -0.39 is 30.0 Å². The number of rotatable bonds is 28. The number of hydrogen-bond donors (Lipinski definition) is 9. The van der Waals surface area contributed by atoms with Gasteiger partial charge in [0.05, 0.1) is 6.73 Å². The fourth-order valence-corrected chi connectivity index (χ4v) is 6.76. The van der Waals surface area contributed by atoms with Gasteiger partial charge in [0.1, 0.15) is 15.6 Å². The number of methoxy groups -OCH3 is 3. The van der Waals surface area contributed by atoms with Gasteiger partial charge in [-0.1, -0.05) is 24.3 Å². The van der Waals surface area contributed by atoms with Crippen LogP contribution in [0.15, 0.2) is 46.2 Å². The van der Waals surface area contributed by atoms with Gasteiger partial charge in [0.25, 0.3) is 20.2 Å². The van der Waals surface area contributed by atoms with Crippen molar-refractivity contribution in [2.75, 3.05) is 101 Å². The van der Waals surface area contributed by atoms with Crippen LogP contribution >= 0.6 is 0 Å². The number of aryl methyl sites for hydroxylation is 1. The zero-order chi connectivity index (χ0) is 43.4. The van der Waals surface area contributed by atoms with Crippen molar-refractivity contribution in [2.24, 2.45) is 0 Å². The van der Waals surface area contributed by atoms with Crippen molar-refractivity contribution in [1.29, 1.82) is 0 Å². The maximum Gasteiger partial charge on any atom is 0.295 e. The quantitative estimate of drug-likeness (QED) is 0.0171. The summed E-state index contributed by atoms with van der Waals surface area (Å²) in [5.41, 5.74) is 0.409. The maximum atomic E-state index is 12.6. The summed E-state index contributed by atoms with van der Waals surface area (Å²) in [5.74, 6) is 1.38. The molecule has 4 aromatic rings. The highest BCUT2D eigenvalue weighted by molar-refractivity contribution is 7.86. The Morgan fingerprint density at radius 3 is 1.38 bits per heavy atom. The number of aliphatic hydroxyl groups is 1. The first-order valence-corrected chi connectivity index (χ1v) is 21.7. The minimum Gasteiger partial charge on any atom is -0.385 e. The van der Waals surface area contributed by atoms with Crippen LogP contribution in [0.3, 0.4) is 0 Å². The first kappa shape index (κ1) is 47.5. The molecule has 0 aliphatic heterocycles. The van der Waals surface area contributed by atoms with E-state index in [1.54, 1.807) is 21.3 Å². The summed E-state index contributed by atoms with van der Waals surface area (Å²) in [7, 11) is -4.86. The predicted molar refractivity (Wildman–Crippen MR) is 226 cm³/mol. The van der Waals surface area contributed by atoms with E-state index >= 15 is 0 Å². The third kappa shape index (κ3) is 16.1. The highest BCUT2D eigenvalue weighted by atomic mass is 32.2. The minimum atomic E-state index is -4.82. The van der Waals surface area contributed by atoms with Crippen molar-refractivity contribution >= 4 is 73.5 Å². The molecule has 2 aromatic carbocycles. The number of aliphatic hydroxyl groups excluding tert-OH is 1. The van der Waals surface area contributed by atoms with E-state index in [4.69, 9.17) is 19.3 Å². The average molecular weight is 877 g/mol. The van der Waals surface area contributed by atoms with Gasteiger partial charge in [-0.25, -0.2) is 0 Å². The number of aromatic nitrogens is 6. The van der Waals surface area contributed by atoms with Crippen LogP contribution in [0.4, 0.5) is 41.1 Å². The summed E-state index contributed by atoms with van der Waals surface area (Å²) in [6.07, 6.45) is 5.67. The van der Waals surface area contributed by atoms with Gasteiger partial charge >= 0.3 is 0 Å². The molecule has 0 atom stereocenters. The third-order valence-electron chi connectivity index (χ3n) is 8.15. The minimum absolute atomic E-state index is 0.000570. The van der Waals surface area contributed by atoms with Gasteiger partial charge in [-0.3, -0.25) is 14.4 Å². The molecule has 0 aliphatic rings. The Morgan fingerprint density at radius 2 is 0.967 bits per heavy atom. The number of benzene rings is 2. The SMILES string of the molecule is COCCCNc1nc(CCCNCO)nc(Nc2ccc(C=Cc3ccc(Nc4nc(NCCCOC)nc(NCCCOC)n4)cc3S(=O)(=O)O)c(S(=O)(=O)O)c2)n1. The van der Waals surface area contributed by atoms with Gasteiger partial charge in [0, 0.05) is 78.6 Å². The molecule has 60 heavy (non-hydrogen) atoms. The maximum absolute atomic E-state index is 12.6. The van der Waals surface area contributed by atoms with Crippen molar-refractivity contribution in [2.45, 2.75) is 41.9 Å². The number of ether oxygens (including phenoxy) is 3. The Hall–Kier alpha value is -5.18. The van der Waals surface area contributed by atoms with E-state index in [-0.39, 0.29) is 59.0 Å². The Kier molecular flexibility index (Phi) is 19.1. The molecule has 9 N–H and O–H groups in total. The zero-order valence-corrected chi connectivity index (χ0v) is 35.1. The van der Waals surface area contributed by atoms with E-state index in [9.17, 15) is 25.9 Å². The number of anilines is 7. The van der Waals surface area contributed by atoms with Gasteiger partial charge < -0.3 is 45.9 Å². The van der Waals surface area contributed by atoms with Gasteiger partial charge in [-0.05, 0) is 67.6 Å². The Labute approximate surface area is 348 Å². The molecule has 0 amide bonds. The lowest BCUT2D eigenvalue weighted by Gasteiger charge is -2.13. The van der Waals surface area contributed by atoms with Crippen LogP contribution in [0, 0.1) is 0 Å². The van der Waals surface area contributed by atoms with Gasteiger partial charge in [0.2, 0.25) is 29.7 Å². The lowest BCUT2D eigenvalue weighted by atomic mass is 10.1. The molecule has 4 rings (SSSR count). The van der Waals surface area contributed by atoms with E-state index in [1.165, 1.54) is 48.6 Å². The van der Waals surface area contributed by atoms with E-state index in [1.807, 2.05) is 0 Å². The number of nitrogens with zero attached hydrogens (tertiary/aromatic N) is 6. The molecular weight excluding hydrogens is 825 g/mol. The Balaban J connectivity index is 1.60. The van der Waals surface area contributed by atoms with Crippen LogP contribution < -0.4 is 31.9 Å². The summed E-state index contributed by atoms with van der Waals surface area (Å²) in [5, 5.41) is 27.1. The monoisotopic (exact) mass is 876 g/mol. The number of nitrogens with one attached hydrogen (secondary N) is 6. The second-order valence-electron chi connectivity index (χ2n) is 12.8. The molecule has 2 heterocycles. The van der Waals surface area contributed by atoms with Crippen LogP contribution in [-0.2, 0) is 40.9 Å². The Bertz CT molecular complexity index is 2020. The summed E-state index contributed by atoms with van der Waals surface area (Å²) >= 11 is 0. The van der Waals surface area contributed by atoms with Crippen LogP contribution in [0.2, 0.25) is 0 Å². The van der Waals surface area contributed by atoms with Gasteiger partial charge in [-0.15, -0.1) is 0 Å². The molecule has 0 unspecified atom stereocenters. The lowest BCUT2D eigenvalue weighted by Crippen LogP contribution is -2.17. The molecule has 22 nitrogen and oxygen atoms in total. The van der Waals surface area contributed by atoms with E-state index in [0.29, 0.717) is 83.9 Å². The molecule has 2 aromatic heterocycles. The standard InChI is InChI=1S/C36H52N12O10S2/c1-56-19-5-16-38-32-43-31(8-4-15-37-24-49)44-35(46-32)41-27-13-11-25(29(22-27)59(50,51)52)9-10-26-12-14-28(23-30(26)60(53,54)55)42-36-47-33(39-17-6-20-57-2)45-34(48-36)40-18-7-21-58-3/h9-14,22-23,37,49H,4-8,15-21,24H2,1-3H3,(H,50,51,52)(H,53,54,55)(H2,38,41,43,44,46)(H3,39,40,42,45,47,48). The molecular formula is C36H52N12O10S2.